The molecule has 8 N–H and O–H groups in total. The number of ether oxygens (including phenoxy) is 4. The first kappa shape index (κ1) is 28.1. The predicted octanol–water partition coefficient (Wildman–Crippen LogP) is -1.10. The van der Waals surface area contributed by atoms with Gasteiger partial charge in [-0.2, -0.15) is 0 Å². The Morgan fingerprint density at radius 3 is 2.20 bits per heavy atom. The van der Waals surface area contributed by atoms with E-state index < -0.39 is 72.2 Å². The molecule has 2 fully saturated rings. The summed E-state index contributed by atoms with van der Waals surface area (Å²) in [5.41, 5.74) is -0.861. The molecule has 3 heterocycles. The summed E-state index contributed by atoms with van der Waals surface area (Å²) in [6.07, 6.45) is -13.3. The molecule has 0 aliphatic carbocycles. The molecule has 0 bridgehead atoms. The zero-order valence-corrected chi connectivity index (χ0v) is 20.9. The fourth-order valence-corrected chi connectivity index (χ4v) is 4.48. The maximum absolute atomic E-state index is 13.6. The standard InChI is InChI=1S/C26H28O14/c1-9-17(30)20(33)22(35)26(37-9)40-24-19(32)16-13(28)6-12(38-25-21(34)18(31)14(29)8-36-25)7-15(16)39-23(24)10-2-4-11(27)5-3-10/h2-7,9,14,17-18,20-22,25-31,33-35H,8H2,1H3/t9-,14-,17-,18-,20-,21-,22-,25-,26-/m0/s1. The number of phenols is 2. The number of fused-ring (bicyclic) bond motifs is 1. The maximum Gasteiger partial charge on any atom is 0.239 e. The minimum atomic E-state index is -1.76. The molecule has 0 radical (unpaired) electrons. The third kappa shape index (κ3) is 5.07. The van der Waals surface area contributed by atoms with Gasteiger partial charge in [0, 0.05) is 17.7 Å². The van der Waals surface area contributed by atoms with E-state index in [1.165, 1.54) is 37.3 Å². The Labute approximate surface area is 225 Å². The van der Waals surface area contributed by atoms with Crippen molar-refractivity contribution >= 4 is 11.0 Å². The number of aliphatic hydroxyl groups is 6. The van der Waals surface area contributed by atoms with Crippen LogP contribution in [0.3, 0.4) is 0 Å². The van der Waals surface area contributed by atoms with Crippen LogP contribution in [0.25, 0.3) is 22.3 Å². The second-order valence-electron chi connectivity index (χ2n) is 9.62. The van der Waals surface area contributed by atoms with Crippen molar-refractivity contribution in [3.8, 4) is 34.3 Å². The van der Waals surface area contributed by atoms with E-state index in [0.717, 1.165) is 6.07 Å². The second kappa shape index (κ2) is 10.8. The molecule has 2 aliphatic heterocycles. The molecule has 2 saturated heterocycles. The van der Waals surface area contributed by atoms with Crippen LogP contribution < -0.4 is 14.9 Å². The number of benzene rings is 2. The average molecular weight is 564 g/mol. The molecular weight excluding hydrogens is 536 g/mol. The van der Waals surface area contributed by atoms with Gasteiger partial charge >= 0.3 is 0 Å². The Hall–Kier alpha value is -3.47. The molecule has 0 saturated carbocycles. The molecule has 14 heteroatoms. The third-order valence-electron chi connectivity index (χ3n) is 6.78. The normalized spacial score (nSPS) is 32.6. The van der Waals surface area contributed by atoms with Gasteiger partial charge in [0.1, 0.15) is 64.8 Å². The summed E-state index contributed by atoms with van der Waals surface area (Å²) in [5.74, 6) is -1.54. The van der Waals surface area contributed by atoms with Crippen molar-refractivity contribution in [1.29, 1.82) is 0 Å². The third-order valence-corrected chi connectivity index (χ3v) is 6.78. The largest absolute Gasteiger partial charge is 0.508 e. The Kier molecular flexibility index (Phi) is 7.60. The van der Waals surface area contributed by atoms with E-state index in [0.29, 0.717) is 0 Å². The molecule has 3 aromatic rings. The zero-order chi connectivity index (χ0) is 28.9. The van der Waals surface area contributed by atoms with Gasteiger partial charge < -0.3 is 64.2 Å². The highest BCUT2D eigenvalue weighted by atomic mass is 16.7. The number of aliphatic hydroxyl groups excluding tert-OH is 6. The van der Waals surface area contributed by atoms with E-state index >= 15 is 0 Å². The molecule has 216 valence electrons. The average Bonchev–Trinajstić information content (AvgIpc) is 2.92. The van der Waals surface area contributed by atoms with Gasteiger partial charge in [0.25, 0.3) is 0 Å². The van der Waals surface area contributed by atoms with E-state index in [1.807, 2.05) is 0 Å². The minimum Gasteiger partial charge on any atom is -0.508 e. The van der Waals surface area contributed by atoms with Crippen LogP contribution in [0.15, 0.2) is 45.6 Å². The van der Waals surface area contributed by atoms with Crippen molar-refractivity contribution < 1.29 is 64.2 Å². The van der Waals surface area contributed by atoms with Crippen LogP contribution in [0.2, 0.25) is 0 Å². The Morgan fingerprint density at radius 2 is 1.50 bits per heavy atom. The van der Waals surface area contributed by atoms with Crippen molar-refractivity contribution in [2.24, 2.45) is 0 Å². The highest BCUT2D eigenvalue weighted by Crippen LogP contribution is 2.38. The van der Waals surface area contributed by atoms with Gasteiger partial charge in [0.05, 0.1) is 12.7 Å². The second-order valence-corrected chi connectivity index (χ2v) is 9.62. The fraction of sp³-hybridized carbons (Fsp3) is 0.423. The van der Waals surface area contributed by atoms with Crippen LogP contribution >= 0.6 is 0 Å². The van der Waals surface area contributed by atoms with Crippen LogP contribution in [0.4, 0.5) is 0 Å². The Morgan fingerprint density at radius 1 is 0.825 bits per heavy atom. The zero-order valence-electron chi connectivity index (χ0n) is 20.9. The summed E-state index contributed by atoms with van der Waals surface area (Å²) >= 11 is 0. The molecule has 0 spiro atoms. The lowest BCUT2D eigenvalue weighted by atomic mass is 10.00. The first-order chi connectivity index (χ1) is 19.0. The van der Waals surface area contributed by atoms with Gasteiger partial charge in [-0.1, -0.05) is 0 Å². The topological polar surface area (TPSA) is 229 Å². The first-order valence-corrected chi connectivity index (χ1v) is 12.3. The number of rotatable bonds is 5. The minimum absolute atomic E-state index is 0.0852. The first-order valence-electron chi connectivity index (χ1n) is 12.3. The van der Waals surface area contributed by atoms with E-state index in [9.17, 15) is 45.6 Å². The molecule has 2 aromatic carbocycles. The lowest BCUT2D eigenvalue weighted by molar-refractivity contribution is -0.268. The summed E-state index contributed by atoms with van der Waals surface area (Å²) in [5, 5.41) is 80.5. The van der Waals surface area contributed by atoms with Crippen molar-refractivity contribution in [3.63, 3.8) is 0 Å². The number of hydrogen-bond donors (Lipinski definition) is 8. The van der Waals surface area contributed by atoms with Crippen LogP contribution in [-0.2, 0) is 9.47 Å². The summed E-state index contributed by atoms with van der Waals surface area (Å²) in [6, 6.07) is 7.69. The summed E-state index contributed by atoms with van der Waals surface area (Å²) in [4.78, 5) is 13.6. The number of hydrogen-bond acceptors (Lipinski definition) is 14. The lowest BCUT2D eigenvalue weighted by Crippen LogP contribution is -2.58. The lowest BCUT2D eigenvalue weighted by Gasteiger charge is -2.38. The maximum atomic E-state index is 13.6. The Bertz CT molecular complexity index is 1420. The van der Waals surface area contributed by atoms with E-state index in [1.54, 1.807) is 0 Å². The molecule has 40 heavy (non-hydrogen) atoms. The SMILES string of the molecule is C[C@@H]1O[C@@H](Oc2c(-c3ccc(O)cc3)oc3cc(O[C@@H]4OC[C@H](O)[C@H](O)[C@@H]4O)cc(O)c3c2=O)[C@@H](O)[C@@H](O)[C@H]1O. The molecule has 0 unspecified atom stereocenters. The van der Waals surface area contributed by atoms with Crippen molar-refractivity contribution in [3.05, 3.63) is 46.6 Å². The van der Waals surface area contributed by atoms with Gasteiger partial charge in [-0.25, -0.2) is 0 Å². The van der Waals surface area contributed by atoms with Gasteiger partial charge in [0.2, 0.25) is 23.8 Å². The molecule has 14 nitrogen and oxygen atoms in total. The fourth-order valence-electron chi connectivity index (χ4n) is 4.48. The smallest absolute Gasteiger partial charge is 0.239 e. The van der Waals surface area contributed by atoms with Crippen LogP contribution in [0.1, 0.15) is 6.92 Å². The summed E-state index contributed by atoms with van der Waals surface area (Å²) in [6.45, 7) is 1.10. The Balaban J connectivity index is 1.58. The molecule has 5 rings (SSSR count). The molecule has 2 aliphatic rings. The molecule has 9 atom stereocenters. The molecular formula is C26H28O14. The quantitative estimate of drug-likeness (QED) is 0.184. The van der Waals surface area contributed by atoms with Gasteiger partial charge in [-0.15, -0.1) is 0 Å². The highest BCUT2D eigenvalue weighted by molar-refractivity contribution is 5.88. The van der Waals surface area contributed by atoms with Crippen LogP contribution in [0, 0.1) is 0 Å². The van der Waals surface area contributed by atoms with E-state index in [4.69, 9.17) is 23.4 Å². The highest BCUT2D eigenvalue weighted by Gasteiger charge is 2.44. The number of aromatic hydroxyl groups is 2. The predicted molar refractivity (Wildman–Crippen MR) is 133 cm³/mol. The summed E-state index contributed by atoms with van der Waals surface area (Å²) in [7, 11) is 0. The number of phenolic OH excluding ortho intramolecular Hbond substituents is 2. The van der Waals surface area contributed by atoms with Crippen molar-refractivity contribution in [2.45, 2.75) is 62.2 Å². The van der Waals surface area contributed by atoms with Gasteiger partial charge in [-0.3, -0.25) is 4.79 Å². The van der Waals surface area contributed by atoms with Crippen LogP contribution in [0.5, 0.6) is 23.0 Å². The van der Waals surface area contributed by atoms with E-state index in [-0.39, 0.29) is 40.4 Å². The molecule has 1 aromatic heterocycles. The molecule has 0 amide bonds. The van der Waals surface area contributed by atoms with Gasteiger partial charge in [0.15, 0.2) is 5.76 Å². The van der Waals surface area contributed by atoms with Crippen molar-refractivity contribution in [2.75, 3.05) is 6.61 Å². The monoisotopic (exact) mass is 564 g/mol. The van der Waals surface area contributed by atoms with E-state index in [2.05, 4.69) is 0 Å². The van der Waals surface area contributed by atoms with Crippen LogP contribution in [-0.4, -0.2) is 103 Å². The van der Waals surface area contributed by atoms with Crippen molar-refractivity contribution in [1.82, 2.24) is 0 Å². The summed E-state index contributed by atoms with van der Waals surface area (Å²) < 4.78 is 27.9. The van der Waals surface area contributed by atoms with Gasteiger partial charge in [-0.05, 0) is 31.2 Å².